The van der Waals surface area contributed by atoms with Crippen molar-refractivity contribution in [1.29, 1.82) is 0 Å². The first-order chi connectivity index (χ1) is 16.2. The molecule has 2 aromatic carbocycles. The van der Waals surface area contributed by atoms with E-state index in [2.05, 4.69) is 34.9 Å². The second-order valence-corrected chi connectivity index (χ2v) is 9.61. The number of carboxylic acid groups (broad SMARTS) is 1. The Bertz CT molecular complexity index is 988. The van der Waals surface area contributed by atoms with Crippen molar-refractivity contribution in [2.45, 2.75) is 58.5 Å². The molecule has 0 radical (unpaired) electrons. The molecule has 2 aromatic rings. The Balaban J connectivity index is 1.59. The van der Waals surface area contributed by atoms with Crippen molar-refractivity contribution in [3.8, 4) is 11.1 Å². The number of hydrogen-bond donors (Lipinski definition) is 3. The van der Waals surface area contributed by atoms with Crippen LogP contribution in [0.15, 0.2) is 48.5 Å². The summed E-state index contributed by atoms with van der Waals surface area (Å²) in [6.45, 7) is 7.77. The van der Waals surface area contributed by atoms with E-state index in [9.17, 15) is 19.5 Å². The third kappa shape index (κ3) is 6.16. The summed E-state index contributed by atoms with van der Waals surface area (Å²) in [5.74, 6) is -1.44. The first-order valence-electron chi connectivity index (χ1n) is 11.8. The number of carbonyl (C=O) groups excluding carboxylic acids is 2. The lowest BCUT2D eigenvalue weighted by Gasteiger charge is -2.24. The molecule has 1 aliphatic carbocycles. The van der Waals surface area contributed by atoms with Crippen LogP contribution in [0.1, 0.15) is 57.6 Å². The van der Waals surface area contributed by atoms with Gasteiger partial charge in [0.2, 0.25) is 5.91 Å². The van der Waals surface area contributed by atoms with Gasteiger partial charge < -0.3 is 20.5 Å². The normalized spacial score (nSPS) is 14.3. The molecule has 7 nitrogen and oxygen atoms in total. The van der Waals surface area contributed by atoms with Gasteiger partial charge in [0.15, 0.2) is 0 Å². The summed E-state index contributed by atoms with van der Waals surface area (Å²) in [5, 5.41) is 14.7. The van der Waals surface area contributed by atoms with Crippen LogP contribution in [0.4, 0.5) is 4.79 Å². The van der Waals surface area contributed by atoms with E-state index in [0.29, 0.717) is 6.42 Å². The summed E-state index contributed by atoms with van der Waals surface area (Å²) < 4.78 is 5.60. The first-order valence-corrected chi connectivity index (χ1v) is 11.8. The average Bonchev–Trinajstić information content (AvgIpc) is 3.10. The average molecular weight is 467 g/mol. The second kappa shape index (κ2) is 11.2. The van der Waals surface area contributed by atoms with Crippen molar-refractivity contribution in [1.82, 2.24) is 10.6 Å². The fourth-order valence-corrected chi connectivity index (χ4v) is 4.39. The van der Waals surface area contributed by atoms with Crippen LogP contribution >= 0.6 is 0 Å². The van der Waals surface area contributed by atoms with E-state index < -0.39 is 30.1 Å². The Labute approximate surface area is 200 Å². The van der Waals surface area contributed by atoms with E-state index in [1.54, 1.807) is 0 Å². The van der Waals surface area contributed by atoms with Crippen LogP contribution in [0.5, 0.6) is 0 Å². The van der Waals surface area contributed by atoms with Crippen LogP contribution in [-0.2, 0) is 14.3 Å². The number of benzene rings is 2. The van der Waals surface area contributed by atoms with Crippen LogP contribution < -0.4 is 10.6 Å². The van der Waals surface area contributed by atoms with Crippen LogP contribution in [0.2, 0.25) is 0 Å². The van der Waals surface area contributed by atoms with Crippen LogP contribution in [0.25, 0.3) is 11.1 Å². The summed E-state index contributed by atoms with van der Waals surface area (Å²) in [7, 11) is 0. The zero-order valence-electron chi connectivity index (χ0n) is 20.2. The molecule has 34 heavy (non-hydrogen) atoms. The lowest BCUT2D eigenvalue weighted by atomic mass is 9.98. The highest BCUT2D eigenvalue weighted by Crippen LogP contribution is 2.44. The van der Waals surface area contributed by atoms with Gasteiger partial charge in [0.25, 0.3) is 0 Å². The molecule has 0 heterocycles. The number of hydrogen-bond acceptors (Lipinski definition) is 4. The van der Waals surface area contributed by atoms with Crippen molar-refractivity contribution in [2.75, 3.05) is 6.61 Å². The Hall–Kier alpha value is -3.35. The maximum Gasteiger partial charge on any atom is 0.407 e. The number of rotatable bonds is 10. The van der Waals surface area contributed by atoms with Crippen molar-refractivity contribution in [3.63, 3.8) is 0 Å². The molecule has 3 N–H and O–H groups in total. The minimum absolute atomic E-state index is 0.0241. The number of alkyl carbamates (subject to hydrolysis) is 1. The fourth-order valence-electron chi connectivity index (χ4n) is 4.39. The quantitative estimate of drug-likeness (QED) is 0.476. The lowest BCUT2D eigenvalue weighted by molar-refractivity contribution is -0.142. The molecule has 182 valence electrons. The SMILES string of the molecule is CC(C)C[C@H](NC(=O)C[C@H](NC(=O)OCC1c2ccccc2-c2ccccc21)C(C)C)C(=O)O. The van der Waals surface area contributed by atoms with E-state index in [1.807, 2.05) is 52.0 Å². The number of aliphatic carboxylic acids is 1. The molecule has 0 unspecified atom stereocenters. The number of amides is 2. The molecule has 0 saturated carbocycles. The Morgan fingerprint density at radius 1 is 0.912 bits per heavy atom. The summed E-state index contributed by atoms with van der Waals surface area (Å²) in [6.07, 6.45) is -0.276. The predicted molar refractivity (Wildman–Crippen MR) is 130 cm³/mol. The molecule has 0 spiro atoms. The zero-order valence-corrected chi connectivity index (χ0v) is 20.2. The van der Waals surface area contributed by atoms with E-state index in [-0.39, 0.29) is 30.8 Å². The highest BCUT2D eigenvalue weighted by atomic mass is 16.5. The van der Waals surface area contributed by atoms with Gasteiger partial charge in [0, 0.05) is 18.4 Å². The van der Waals surface area contributed by atoms with Crippen LogP contribution in [0, 0.1) is 11.8 Å². The van der Waals surface area contributed by atoms with Crippen molar-refractivity contribution >= 4 is 18.0 Å². The Kier molecular flexibility index (Phi) is 8.31. The fraction of sp³-hybridized carbons (Fsp3) is 0.444. The molecule has 2 atom stereocenters. The van der Waals surface area contributed by atoms with Crippen molar-refractivity contribution in [3.05, 3.63) is 59.7 Å². The van der Waals surface area contributed by atoms with E-state index >= 15 is 0 Å². The third-order valence-electron chi connectivity index (χ3n) is 6.20. The number of nitrogens with one attached hydrogen (secondary N) is 2. The van der Waals surface area contributed by atoms with Crippen LogP contribution in [-0.4, -0.2) is 41.8 Å². The molecule has 0 fully saturated rings. The minimum atomic E-state index is -1.06. The molecule has 2 amide bonds. The Morgan fingerprint density at radius 3 is 1.97 bits per heavy atom. The maximum absolute atomic E-state index is 12.6. The van der Waals surface area contributed by atoms with Gasteiger partial charge in [-0.1, -0.05) is 76.2 Å². The van der Waals surface area contributed by atoms with Gasteiger partial charge in [-0.15, -0.1) is 0 Å². The minimum Gasteiger partial charge on any atom is -0.480 e. The number of ether oxygens (including phenoxy) is 1. The number of carbonyl (C=O) groups is 3. The monoisotopic (exact) mass is 466 g/mol. The highest BCUT2D eigenvalue weighted by Gasteiger charge is 2.30. The molecule has 0 saturated heterocycles. The molecular formula is C27H34N2O5. The molecule has 1 aliphatic rings. The first kappa shape index (κ1) is 25.3. The molecule has 3 rings (SSSR count). The van der Waals surface area contributed by atoms with Gasteiger partial charge in [0.05, 0.1) is 0 Å². The molecule has 0 bridgehead atoms. The van der Waals surface area contributed by atoms with Crippen LogP contribution in [0.3, 0.4) is 0 Å². The summed E-state index contributed by atoms with van der Waals surface area (Å²) in [6, 6.07) is 14.8. The van der Waals surface area contributed by atoms with E-state index in [0.717, 1.165) is 22.3 Å². The third-order valence-corrected chi connectivity index (χ3v) is 6.20. The smallest absolute Gasteiger partial charge is 0.407 e. The highest BCUT2D eigenvalue weighted by molar-refractivity contribution is 5.84. The van der Waals surface area contributed by atoms with Gasteiger partial charge in [-0.25, -0.2) is 9.59 Å². The van der Waals surface area contributed by atoms with Gasteiger partial charge in [-0.3, -0.25) is 4.79 Å². The van der Waals surface area contributed by atoms with E-state index in [4.69, 9.17) is 4.74 Å². The van der Waals surface area contributed by atoms with Gasteiger partial charge >= 0.3 is 12.1 Å². The largest absolute Gasteiger partial charge is 0.480 e. The standard InChI is InChI=1S/C27H34N2O5/c1-16(2)13-24(26(31)32)28-25(30)14-23(17(3)4)29-27(33)34-15-22-20-11-7-5-9-18(20)19-10-6-8-12-21(19)22/h5-12,16-17,22-24H,13-15H2,1-4H3,(H,28,30)(H,29,33)(H,31,32)/t23-,24-/m0/s1. The van der Waals surface area contributed by atoms with E-state index in [1.165, 1.54) is 0 Å². The van der Waals surface area contributed by atoms with Crippen molar-refractivity contribution in [2.24, 2.45) is 11.8 Å². The zero-order chi connectivity index (χ0) is 24.8. The maximum atomic E-state index is 12.6. The summed E-state index contributed by atoms with van der Waals surface area (Å²) in [4.78, 5) is 36.6. The number of fused-ring (bicyclic) bond motifs is 3. The predicted octanol–water partition coefficient (Wildman–Crippen LogP) is 4.56. The molecular weight excluding hydrogens is 432 g/mol. The van der Waals surface area contributed by atoms with Gasteiger partial charge in [-0.2, -0.15) is 0 Å². The molecule has 7 heteroatoms. The molecule has 0 aromatic heterocycles. The molecule has 0 aliphatic heterocycles. The number of carboxylic acids is 1. The second-order valence-electron chi connectivity index (χ2n) is 9.61. The van der Waals surface area contributed by atoms with Crippen molar-refractivity contribution < 1.29 is 24.2 Å². The topological polar surface area (TPSA) is 105 Å². The summed E-state index contributed by atoms with van der Waals surface area (Å²) in [5.41, 5.74) is 4.55. The van der Waals surface area contributed by atoms with Gasteiger partial charge in [-0.05, 0) is 40.5 Å². The lowest BCUT2D eigenvalue weighted by Crippen LogP contribution is -2.46. The van der Waals surface area contributed by atoms with Gasteiger partial charge in [0.1, 0.15) is 12.6 Å². The Morgan fingerprint density at radius 2 is 1.47 bits per heavy atom. The summed E-state index contributed by atoms with van der Waals surface area (Å²) >= 11 is 0.